The average molecular weight is 232 g/mol. The third kappa shape index (κ3) is 3.81. The van der Waals surface area contributed by atoms with Crippen molar-refractivity contribution in [2.75, 3.05) is 19.6 Å². The van der Waals surface area contributed by atoms with Crippen LogP contribution < -0.4 is 0 Å². The van der Waals surface area contributed by atoms with Gasteiger partial charge < -0.3 is 4.90 Å². The molecular formula is C15H24N2. The zero-order valence-corrected chi connectivity index (χ0v) is 11.3. The number of pyridine rings is 1. The number of likely N-dealkylation sites (tertiary alicyclic amines) is 1. The van der Waals surface area contributed by atoms with E-state index >= 15 is 0 Å². The monoisotopic (exact) mass is 232 g/mol. The van der Waals surface area contributed by atoms with Crippen LogP contribution in [-0.2, 0) is 0 Å². The minimum atomic E-state index is 0.400. The van der Waals surface area contributed by atoms with Gasteiger partial charge in [-0.15, -0.1) is 0 Å². The van der Waals surface area contributed by atoms with Gasteiger partial charge in [0.25, 0.3) is 0 Å². The highest BCUT2D eigenvalue weighted by atomic mass is 15.1. The molecule has 2 heteroatoms. The molecule has 0 saturated carbocycles. The number of nitrogens with zero attached hydrogens (tertiary/aromatic N) is 2. The first-order valence-corrected chi connectivity index (χ1v) is 6.67. The molecule has 0 spiro atoms. The summed E-state index contributed by atoms with van der Waals surface area (Å²) in [6.45, 7) is 10.6. The molecule has 1 aromatic rings. The standard InChI is InChI=1S/C15H24N2/c1-15(2,3)12-17-9-5-7-14(11-17)13-6-4-8-16-10-13/h4,6,8,10,14H,5,7,9,11-12H2,1-3H3. The maximum Gasteiger partial charge on any atom is 0.0303 e. The van der Waals surface area contributed by atoms with E-state index in [0.717, 1.165) is 0 Å². The summed E-state index contributed by atoms with van der Waals surface area (Å²) >= 11 is 0. The summed E-state index contributed by atoms with van der Waals surface area (Å²) in [6.07, 6.45) is 6.52. The molecule has 1 aromatic heterocycles. The topological polar surface area (TPSA) is 16.1 Å². The van der Waals surface area contributed by atoms with Crippen molar-refractivity contribution in [1.82, 2.24) is 9.88 Å². The van der Waals surface area contributed by atoms with Crippen molar-refractivity contribution >= 4 is 0 Å². The van der Waals surface area contributed by atoms with Crippen molar-refractivity contribution in [3.05, 3.63) is 30.1 Å². The SMILES string of the molecule is CC(C)(C)CN1CCCC(c2cccnc2)C1. The Labute approximate surface area is 105 Å². The van der Waals surface area contributed by atoms with Crippen LogP contribution in [0.15, 0.2) is 24.5 Å². The Morgan fingerprint density at radius 3 is 2.88 bits per heavy atom. The van der Waals surface area contributed by atoms with Crippen molar-refractivity contribution < 1.29 is 0 Å². The Hall–Kier alpha value is -0.890. The molecule has 2 nitrogen and oxygen atoms in total. The molecule has 0 bridgehead atoms. The maximum atomic E-state index is 4.24. The zero-order valence-electron chi connectivity index (χ0n) is 11.3. The van der Waals surface area contributed by atoms with Gasteiger partial charge in [-0.2, -0.15) is 0 Å². The molecule has 2 heterocycles. The first-order chi connectivity index (χ1) is 8.04. The van der Waals surface area contributed by atoms with Gasteiger partial charge >= 0.3 is 0 Å². The smallest absolute Gasteiger partial charge is 0.0303 e. The first kappa shape index (κ1) is 12.6. The van der Waals surface area contributed by atoms with Crippen molar-refractivity contribution in [3.8, 4) is 0 Å². The predicted molar refractivity (Wildman–Crippen MR) is 72.1 cm³/mol. The molecule has 17 heavy (non-hydrogen) atoms. The van der Waals surface area contributed by atoms with Gasteiger partial charge in [0, 0.05) is 25.5 Å². The third-order valence-corrected chi connectivity index (χ3v) is 3.36. The fourth-order valence-corrected chi connectivity index (χ4v) is 2.76. The van der Waals surface area contributed by atoms with E-state index in [-0.39, 0.29) is 0 Å². The van der Waals surface area contributed by atoms with E-state index in [1.807, 2.05) is 12.4 Å². The van der Waals surface area contributed by atoms with Gasteiger partial charge in [0.1, 0.15) is 0 Å². The highest BCUT2D eigenvalue weighted by Gasteiger charge is 2.24. The lowest BCUT2D eigenvalue weighted by molar-refractivity contribution is 0.150. The number of piperidine rings is 1. The van der Waals surface area contributed by atoms with Gasteiger partial charge in [-0.3, -0.25) is 4.98 Å². The number of hydrogen-bond acceptors (Lipinski definition) is 2. The summed E-state index contributed by atoms with van der Waals surface area (Å²) in [4.78, 5) is 6.85. The molecule has 1 aliphatic rings. The molecule has 1 aliphatic heterocycles. The summed E-state index contributed by atoms with van der Waals surface area (Å²) in [7, 11) is 0. The average Bonchev–Trinajstić information content (AvgIpc) is 2.28. The molecule has 0 radical (unpaired) electrons. The van der Waals surface area contributed by atoms with Crippen LogP contribution in [0.2, 0.25) is 0 Å². The van der Waals surface area contributed by atoms with Crippen LogP contribution >= 0.6 is 0 Å². The molecule has 0 N–H and O–H groups in total. The zero-order chi connectivity index (χ0) is 12.3. The molecular weight excluding hydrogens is 208 g/mol. The van der Waals surface area contributed by atoms with Crippen LogP contribution in [0.4, 0.5) is 0 Å². The van der Waals surface area contributed by atoms with Gasteiger partial charge in [-0.1, -0.05) is 26.8 Å². The Bertz CT molecular complexity index is 340. The van der Waals surface area contributed by atoms with Crippen LogP contribution in [0, 0.1) is 5.41 Å². The number of hydrogen-bond donors (Lipinski definition) is 0. The van der Waals surface area contributed by atoms with E-state index < -0.39 is 0 Å². The van der Waals surface area contributed by atoms with E-state index in [9.17, 15) is 0 Å². The summed E-state index contributed by atoms with van der Waals surface area (Å²) < 4.78 is 0. The van der Waals surface area contributed by atoms with Gasteiger partial charge in [0.05, 0.1) is 0 Å². The minimum Gasteiger partial charge on any atom is -0.302 e. The fourth-order valence-electron chi connectivity index (χ4n) is 2.76. The normalized spacial score (nSPS) is 22.6. The van der Waals surface area contributed by atoms with Gasteiger partial charge in [0.2, 0.25) is 0 Å². The van der Waals surface area contributed by atoms with Crippen LogP contribution in [0.5, 0.6) is 0 Å². The van der Waals surface area contributed by atoms with Gasteiger partial charge in [-0.05, 0) is 42.3 Å². The van der Waals surface area contributed by atoms with E-state index in [4.69, 9.17) is 0 Å². The summed E-state index contributed by atoms with van der Waals surface area (Å²) in [5.41, 5.74) is 1.81. The maximum absolute atomic E-state index is 4.24. The highest BCUT2D eigenvalue weighted by molar-refractivity contribution is 5.15. The number of aromatic nitrogens is 1. The lowest BCUT2D eigenvalue weighted by Crippen LogP contribution is -2.39. The second-order valence-corrected chi connectivity index (χ2v) is 6.42. The van der Waals surface area contributed by atoms with Crippen molar-refractivity contribution in [1.29, 1.82) is 0 Å². The Morgan fingerprint density at radius 1 is 1.41 bits per heavy atom. The van der Waals surface area contributed by atoms with E-state index in [2.05, 4.69) is 42.8 Å². The van der Waals surface area contributed by atoms with E-state index in [0.29, 0.717) is 11.3 Å². The Balaban J connectivity index is 1.98. The lowest BCUT2D eigenvalue weighted by atomic mass is 9.89. The number of rotatable bonds is 2. The van der Waals surface area contributed by atoms with E-state index in [1.54, 1.807) is 0 Å². The fraction of sp³-hybridized carbons (Fsp3) is 0.667. The van der Waals surface area contributed by atoms with Crippen molar-refractivity contribution in [3.63, 3.8) is 0 Å². The molecule has 1 atom stereocenters. The molecule has 1 saturated heterocycles. The summed E-state index contributed by atoms with van der Waals surface area (Å²) in [6, 6.07) is 4.27. The largest absolute Gasteiger partial charge is 0.302 e. The molecule has 0 aromatic carbocycles. The minimum absolute atomic E-state index is 0.400. The van der Waals surface area contributed by atoms with Crippen LogP contribution in [0.3, 0.4) is 0 Å². The quantitative estimate of drug-likeness (QED) is 0.777. The second-order valence-electron chi connectivity index (χ2n) is 6.42. The highest BCUT2D eigenvalue weighted by Crippen LogP contribution is 2.28. The second kappa shape index (κ2) is 5.18. The molecule has 0 amide bonds. The summed E-state index contributed by atoms with van der Waals surface area (Å²) in [5, 5.41) is 0. The van der Waals surface area contributed by atoms with Crippen LogP contribution in [-0.4, -0.2) is 29.5 Å². The molecule has 0 aliphatic carbocycles. The lowest BCUT2D eigenvalue weighted by Gasteiger charge is -2.36. The molecule has 1 unspecified atom stereocenters. The molecule has 1 fully saturated rings. The van der Waals surface area contributed by atoms with Crippen LogP contribution in [0.1, 0.15) is 45.1 Å². The Morgan fingerprint density at radius 2 is 2.24 bits per heavy atom. The third-order valence-electron chi connectivity index (χ3n) is 3.36. The van der Waals surface area contributed by atoms with Gasteiger partial charge in [0.15, 0.2) is 0 Å². The molecule has 94 valence electrons. The predicted octanol–water partition coefficient (Wildman–Crippen LogP) is 3.31. The van der Waals surface area contributed by atoms with Crippen LogP contribution in [0.25, 0.3) is 0 Å². The van der Waals surface area contributed by atoms with Gasteiger partial charge in [-0.25, -0.2) is 0 Å². The van der Waals surface area contributed by atoms with Crippen molar-refractivity contribution in [2.45, 2.75) is 39.5 Å². The van der Waals surface area contributed by atoms with E-state index in [1.165, 1.54) is 38.0 Å². The summed E-state index contributed by atoms with van der Waals surface area (Å²) in [5.74, 6) is 0.680. The Kier molecular flexibility index (Phi) is 3.82. The first-order valence-electron chi connectivity index (χ1n) is 6.67. The van der Waals surface area contributed by atoms with Crippen molar-refractivity contribution in [2.24, 2.45) is 5.41 Å². The molecule has 2 rings (SSSR count).